The minimum atomic E-state index is -0.624. The maximum absolute atomic E-state index is 11.8. The number of hydrogen-bond acceptors (Lipinski definition) is 5. The van der Waals surface area contributed by atoms with E-state index in [0.717, 1.165) is 21.8 Å². The van der Waals surface area contributed by atoms with Gasteiger partial charge in [-0.2, -0.15) is 0 Å². The second-order valence-corrected chi connectivity index (χ2v) is 5.87. The Balaban J connectivity index is 2.20. The summed E-state index contributed by atoms with van der Waals surface area (Å²) in [5, 5.41) is 2.23. The van der Waals surface area contributed by atoms with Crippen molar-refractivity contribution in [1.82, 2.24) is 10.4 Å². The molecule has 0 aliphatic carbocycles. The van der Waals surface area contributed by atoms with Crippen LogP contribution in [0.4, 0.5) is 5.69 Å². The molecule has 2 aromatic carbocycles. The number of hydrogen-bond donors (Lipinski definition) is 3. The predicted octanol–water partition coefficient (Wildman–Crippen LogP) is 2.84. The third-order valence-electron chi connectivity index (χ3n) is 3.67. The lowest BCUT2D eigenvalue weighted by atomic mass is 10.1. The number of hydrazine groups is 1. The van der Waals surface area contributed by atoms with Crippen molar-refractivity contribution in [3.63, 3.8) is 0 Å². The highest BCUT2D eigenvalue weighted by atomic mass is 35.5. The number of aromatic nitrogens is 1. The molecule has 0 fully saturated rings. The number of benzene rings is 2. The molecule has 0 spiro atoms. The summed E-state index contributed by atoms with van der Waals surface area (Å²) < 4.78 is 5.29. The van der Waals surface area contributed by atoms with Crippen LogP contribution in [0.1, 0.15) is 6.92 Å². The Morgan fingerprint density at radius 1 is 1.21 bits per heavy atom. The second kappa shape index (κ2) is 6.51. The molecule has 3 aromatic rings. The number of carbonyl (C=O) groups is 1. The van der Waals surface area contributed by atoms with Crippen molar-refractivity contribution in [2.45, 2.75) is 13.0 Å². The molecule has 124 valence electrons. The Morgan fingerprint density at radius 3 is 2.71 bits per heavy atom. The molecule has 0 aliphatic heterocycles. The van der Waals surface area contributed by atoms with E-state index in [2.05, 4.69) is 15.8 Å². The van der Waals surface area contributed by atoms with Crippen LogP contribution in [0.5, 0.6) is 5.75 Å². The first kappa shape index (κ1) is 16.3. The van der Waals surface area contributed by atoms with Gasteiger partial charge in [-0.25, -0.2) is 4.98 Å². The Hall–Kier alpha value is -2.57. The van der Waals surface area contributed by atoms with Gasteiger partial charge >= 0.3 is 0 Å². The van der Waals surface area contributed by atoms with Crippen LogP contribution in [0, 0.1) is 0 Å². The van der Waals surface area contributed by atoms with Crippen LogP contribution in [-0.4, -0.2) is 24.0 Å². The lowest BCUT2D eigenvalue weighted by molar-refractivity contribution is -0.121. The van der Waals surface area contributed by atoms with Gasteiger partial charge in [-0.1, -0.05) is 11.6 Å². The third kappa shape index (κ3) is 3.06. The van der Waals surface area contributed by atoms with Gasteiger partial charge in [-0.05, 0) is 43.3 Å². The smallest absolute Gasteiger partial charge is 0.254 e. The average molecular weight is 345 g/mol. The van der Waals surface area contributed by atoms with Crippen molar-refractivity contribution in [2.75, 3.05) is 12.5 Å². The van der Waals surface area contributed by atoms with Gasteiger partial charge in [0, 0.05) is 15.8 Å². The molecule has 6 nitrogen and oxygen atoms in total. The van der Waals surface area contributed by atoms with Crippen molar-refractivity contribution >= 4 is 45.0 Å². The van der Waals surface area contributed by atoms with E-state index in [1.54, 1.807) is 26.2 Å². The molecule has 7 heteroatoms. The lowest BCUT2D eigenvalue weighted by Crippen LogP contribution is -2.41. The molecule has 0 bridgehead atoms. The zero-order valence-electron chi connectivity index (χ0n) is 13.3. The highest BCUT2D eigenvalue weighted by molar-refractivity contribution is 6.31. The molecular weight excluding hydrogens is 328 g/mol. The van der Waals surface area contributed by atoms with E-state index in [4.69, 9.17) is 22.1 Å². The number of halogens is 1. The predicted molar refractivity (Wildman–Crippen MR) is 96.2 cm³/mol. The Bertz CT molecular complexity index is 927. The van der Waals surface area contributed by atoms with Crippen molar-refractivity contribution < 1.29 is 9.53 Å². The number of amides is 1. The summed E-state index contributed by atoms with van der Waals surface area (Å²) >= 11 is 6.07. The van der Waals surface area contributed by atoms with Crippen LogP contribution in [0.3, 0.4) is 0 Å². The van der Waals surface area contributed by atoms with E-state index in [1.807, 2.05) is 24.3 Å². The van der Waals surface area contributed by atoms with E-state index in [9.17, 15) is 4.79 Å². The minimum Gasteiger partial charge on any atom is -0.497 e. The van der Waals surface area contributed by atoms with E-state index < -0.39 is 6.04 Å². The fourth-order valence-corrected chi connectivity index (χ4v) is 2.56. The molecule has 4 N–H and O–H groups in total. The first-order valence-electron chi connectivity index (χ1n) is 7.38. The Morgan fingerprint density at radius 2 is 2.00 bits per heavy atom. The van der Waals surface area contributed by atoms with Gasteiger partial charge in [0.15, 0.2) is 0 Å². The van der Waals surface area contributed by atoms with Gasteiger partial charge in [-0.3, -0.25) is 15.6 Å². The molecule has 24 heavy (non-hydrogen) atoms. The molecule has 1 aromatic heterocycles. The van der Waals surface area contributed by atoms with Gasteiger partial charge in [0.05, 0.1) is 29.9 Å². The summed E-state index contributed by atoms with van der Waals surface area (Å²) in [4.78, 5) is 16.4. The Labute approximate surface area is 143 Å². The van der Waals surface area contributed by atoms with Crippen LogP contribution < -0.4 is 21.3 Å². The molecule has 0 radical (unpaired) electrons. The zero-order chi connectivity index (χ0) is 17.3. The normalized spacial score (nSPS) is 12.2. The molecule has 0 saturated heterocycles. The molecule has 0 aliphatic rings. The van der Waals surface area contributed by atoms with Crippen LogP contribution in [0.25, 0.3) is 21.8 Å². The largest absolute Gasteiger partial charge is 0.497 e. The molecule has 1 unspecified atom stereocenters. The van der Waals surface area contributed by atoms with Crippen LogP contribution in [0.2, 0.25) is 5.02 Å². The van der Waals surface area contributed by atoms with Crippen LogP contribution in [-0.2, 0) is 4.79 Å². The standard InChI is InChI=1S/C17H17ClN4O2/c1-9(19)17(23)22-21-16-12-5-3-10(18)7-15(12)20-14-6-4-11(24-2)8-13(14)16/h3-9H,19H2,1-2H3,(H,20,21)(H,22,23). The SMILES string of the molecule is COc1ccc2nc3cc(Cl)ccc3c(NNC(=O)C(C)N)c2c1. The summed E-state index contributed by atoms with van der Waals surface area (Å²) in [6.07, 6.45) is 0. The maximum atomic E-state index is 11.8. The number of nitrogens with zero attached hydrogens (tertiary/aromatic N) is 1. The van der Waals surface area contributed by atoms with Crippen molar-refractivity contribution in [3.05, 3.63) is 41.4 Å². The quantitative estimate of drug-likeness (QED) is 0.500. The highest BCUT2D eigenvalue weighted by Gasteiger charge is 2.13. The number of methoxy groups -OCH3 is 1. The average Bonchev–Trinajstić information content (AvgIpc) is 2.57. The minimum absolute atomic E-state index is 0.315. The molecule has 3 rings (SSSR count). The number of fused-ring (bicyclic) bond motifs is 2. The first-order valence-corrected chi connectivity index (χ1v) is 7.76. The molecule has 0 saturated carbocycles. The number of carbonyl (C=O) groups excluding carboxylic acids is 1. The fourth-order valence-electron chi connectivity index (χ4n) is 2.40. The topological polar surface area (TPSA) is 89.3 Å². The molecule has 1 heterocycles. The molecular formula is C17H17ClN4O2. The number of nitrogens with one attached hydrogen (secondary N) is 2. The van der Waals surface area contributed by atoms with Crippen LogP contribution in [0.15, 0.2) is 36.4 Å². The summed E-state index contributed by atoms with van der Waals surface area (Å²) in [5.74, 6) is 0.379. The summed E-state index contributed by atoms with van der Waals surface area (Å²) in [6, 6.07) is 10.3. The van der Waals surface area contributed by atoms with Crippen molar-refractivity contribution in [3.8, 4) is 5.75 Å². The maximum Gasteiger partial charge on any atom is 0.254 e. The number of anilines is 1. The third-order valence-corrected chi connectivity index (χ3v) is 3.90. The fraction of sp³-hybridized carbons (Fsp3) is 0.176. The van der Waals surface area contributed by atoms with Crippen molar-refractivity contribution in [2.24, 2.45) is 5.73 Å². The number of pyridine rings is 1. The summed E-state index contributed by atoms with van der Waals surface area (Å²) in [7, 11) is 1.60. The van der Waals surface area contributed by atoms with Crippen LogP contribution >= 0.6 is 11.6 Å². The number of ether oxygens (including phenoxy) is 1. The molecule has 1 amide bonds. The highest BCUT2D eigenvalue weighted by Crippen LogP contribution is 2.33. The van der Waals surface area contributed by atoms with E-state index in [0.29, 0.717) is 16.5 Å². The first-order chi connectivity index (χ1) is 11.5. The van der Waals surface area contributed by atoms with Gasteiger partial charge in [-0.15, -0.1) is 0 Å². The summed E-state index contributed by atoms with van der Waals surface area (Å²) in [5.41, 5.74) is 13.4. The van der Waals surface area contributed by atoms with Gasteiger partial charge in [0.25, 0.3) is 5.91 Å². The van der Waals surface area contributed by atoms with Crippen molar-refractivity contribution in [1.29, 1.82) is 0 Å². The van der Waals surface area contributed by atoms with Gasteiger partial charge in [0.2, 0.25) is 0 Å². The van der Waals surface area contributed by atoms with E-state index in [-0.39, 0.29) is 5.91 Å². The van der Waals surface area contributed by atoms with Gasteiger partial charge < -0.3 is 10.5 Å². The van der Waals surface area contributed by atoms with Gasteiger partial charge in [0.1, 0.15) is 5.75 Å². The molecule has 1 atom stereocenters. The summed E-state index contributed by atoms with van der Waals surface area (Å²) in [6.45, 7) is 1.61. The second-order valence-electron chi connectivity index (χ2n) is 5.43. The lowest BCUT2D eigenvalue weighted by Gasteiger charge is -2.15. The van der Waals surface area contributed by atoms with E-state index >= 15 is 0 Å². The monoisotopic (exact) mass is 344 g/mol. The Kier molecular flexibility index (Phi) is 4.42. The zero-order valence-corrected chi connectivity index (χ0v) is 14.0. The number of nitrogens with two attached hydrogens (primary N) is 1. The number of rotatable bonds is 4. The van der Waals surface area contributed by atoms with E-state index in [1.165, 1.54) is 0 Å².